The molecule has 3 rings (SSSR count). The molecule has 0 aromatic carbocycles. The minimum absolute atomic E-state index is 0.689. The van der Waals surface area contributed by atoms with Crippen LogP contribution in [0.2, 0.25) is 0 Å². The van der Waals surface area contributed by atoms with E-state index in [9.17, 15) is 0 Å². The molecule has 0 N–H and O–H groups in total. The van der Waals surface area contributed by atoms with Crippen LogP contribution in [0.4, 0.5) is 0 Å². The predicted molar refractivity (Wildman–Crippen MR) is 72.3 cm³/mol. The van der Waals surface area contributed by atoms with Gasteiger partial charge in [0.15, 0.2) is 0 Å². The Labute approximate surface area is 110 Å². The Hall–Kier alpha value is -0.800. The number of hydrogen-bond donors (Lipinski definition) is 0. The molecule has 2 atom stereocenters. The molecule has 0 spiro atoms. The van der Waals surface area contributed by atoms with Gasteiger partial charge in [0.05, 0.1) is 12.5 Å². The van der Waals surface area contributed by atoms with Crippen molar-refractivity contribution in [2.45, 2.75) is 45.3 Å². The van der Waals surface area contributed by atoms with Crippen LogP contribution in [0.25, 0.3) is 0 Å². The minimum Gasteiger partial charge on any atom is -0.472 e. The van der Waals surface area contributed by atoms with Crippen LogP contribution in [0, 0.1) is 5.92 Å². The van der Waals surface area contributed by atoms with E-state index < -0.39 is 0 Å². The van der Waals surface area contributed by atoms with Crippen molar-refractivity contribution >= 4 is 0 Å². The van der Waals surface area contributed by atoms with Gasteiger partial charge in [0.1, 0.15) is 0 Å². The average molecular weight is 248 g/mol. The first kappa shape index (κ1) is 12.2. The molecule has 0 bridgehead atoms. The molecule has 0 radical (unpaired) electrons. The first-order valence-corrected chi connectivity index (χ1v) is 7.23. The van der Waals surface area contributed by atoms with E-state index >= 15 is 0 Å². The summed E-state index contributed by atoms with van der Waals surface area (Å²) in [5.41, 5.74) is 1.31. The van der Waals surface area contributed by atoms with Crippen molar-refractivity contribution in [1.29, 1.82) is 0 Å². The van der Waals surface area contributed by atoms with Crippen LogP contribution in [0.1, 0.15) is 32.3 Å². The van der Waals surface area contributed by atoms with E-state index in [0.717, 1.165) is 18.5 Å². The van der Waals surface area contributed by atoms with Gasteiger partial charge < -0.3 is 4.42 Å². The first-order chi connectivity index (χ1) is 8.74. The third kappa shape index (κ3) is 2.34. The molecule has 3 heteroatoms. The van der Waals surface area contributed by atoms with Crippen molar-refractivity contribution < 1.29 is 4.42 Å². The summed E-state index contributed by atoms with van der Waals surface area (Å²) < 4.78 is 5.20. The van der Waals surface area contributed by atoms with E-state index in [-0.39, 0.29) is 0 Å². The van der Waals surface area contributed by atoms with Crippen LogP contribution in [-0.2, 0) is 6.54 Å². The molecule has 2 unspecified atom stereocenters. The molecule has 0 aliphatic carbocycles. The molecule has 0 amide bonds. The summed E-state index contributed by atoms with van der Waals surface area (Å²) in [7, 11) is 0. The van der Waals surface area contributed by atoms with Crippen LogP contribution in [-0.4, -0.2) is 41.5 Å². The molecule has 2 aliphatic heterocycles. The standard InChI is InChI=1S/C15H24N2O/c1-12(2)15-10-16-6-3-4-14(16)9-17(15)8-13-5-7-18-11-13/h5,7,11-12,14-15H,3-4,6,8-10H2,1-2H3. The molecule has 2 saturated heterocycles. The van der Waals surface area contributed by atoms with E-state index in [4.69, 9.17) is 4.42 Å². The molecule has 100 valence electrons. The maximum absolute atomic E-state index is 5.20. The van der Waals surface area contributed by atoms with Gasteiger partial charge in [0.25, 0.3) is 0 Å². The fourth-order valence-electron chi connectivity index (χ4n) is 3.54. The number of rotatable bonds is 3. The summed E-state index contributed by atoms with van der Waals surface area (Å²) in [6.07, 6.45) is 6.44. The van der Waals surface area contributed by atoms with Gasteiger partial charge in [0.2, 0.25) is 0 Å². The lowest BCUT2D eigenvalue weighted by Gasteiger charge is -2.45. The van der Waals surface area contributed by atoms with Crippen molar-refractivity contribution in [3.05, 3.63) is 24.2 Å². The van der Waals surface area contributed by atoms with Gasteiger partial charge in [-0.1, -0.05) is 13.8 Å². The van der Waals surface area contributed by atoms with Crippen molar-refractivity contribution in [1.82, 2.24) is 9.80 Å². The monoisotopic (exact) mass is 248 g/mol. The first-order valence-electron chi connectivity index (χ1n) is 7.23. The highest BCUT2D eigenvalue weighted by Gasteiger charge is 2.37. The molecular formula is C15H24N2O. The highest BCUT2D eigenvalue weighted by Crippen LogP contribution is 2.28. The fraction of sp³-hybridized carbons (Fsp3) is 0.733. The normalized spacial score (nSPS) is 29.9. The van der Waals surface area contributed by atoms with Gasteiger partial charge in [-0.3, -0.25) is 9.80 Å². The number of piperazine rings is 1. The SMILES string of the molecule is CC(C)C1CN2CCCC2CN1Cc1ccoc1. The fourth-order valence-corrected chi connectivity index (χ4v) is 3.54. The summed E-state index contributed by atoms with van der Waals surface area (Å²) in [5.74, 6) is 0.721. The Balaban J connectivity index is 1.72. The van der Waals surface area contributed by atoms with E-state index in [1.54, 1.807) is 6.26 Å². The summed E-state index contributed by atoms with van der Waals surface area (Å²) in [6, 6.07) is 3.58. The van der Waals surface area contributed by atoms with Crippen LogP contribution < -0.4 is 0 Å². The second-order valence-electron chi connectivity index (χ2n) is 6.16. The summed E-state index contributed by atoms with van der Waals surface area (Å²) >= 11 is 0. The second kappa shape index (κ2) is 5.06. The van der Waals surface area contributed by atoms with Gasteiger partial charge in [-0.05, 0) is 31.4 Å². The lowest BCUT2D eigenvalue weighted by Crippen LogP contribution is -2.57. The van der Waals surface area contributed by atoms with E-state index in [1.165, 1.54) is 38.0 Å². The molecule has 3 heterocycles. The molecule has 1 aromatic heterocycles. The molecule has 0 saturated carbocycles. The zero-order valence-electron chi connectivity index (χ0n) is 11.5. The lowest BCUT2D eigenvalue weighted by molar-refractivity contribution is 0.0238. The van der Waals surface area contributed by atoms with Crippen LogP contribution in [0.15, 0.2) is 23.0 Å². The highest BCUT2D eigenvalue weighted by atomic mass is 16.3. The Kier molecular flexibility index (Phi) is 3.44. The molecule has 18 heavy (non-hydrogen) atoms. The topological polar surface area (TPSA) is 19.6 Å². The second-order valence-corrected chi connectivity index (χ2v) is 6.16. The Bertz CT molecular complexity index is 374. The van der Waals surface area contributed by atoms with Gasteiger partial charge in [0, 0.05) is 37.3 Å². The summed E-state index contributed by atoms with van der Waals surface area (Å²) in [5, 5.41) is 0. The third-order valence-electron chi connectivity index (χ3n) is 4.57. The Morgan fingerprint density at radius 1 is 1.39 bits per heavy atom. The van der Waals surface area contributed by atoms with E-state index in [2.05, 4.69) is 29.7 Å². The van der Waals surface area contributed by atoms with Crippen molar-refractivity contribution in [2.24, 2.45) is 5.92 Å². The Morgan fingerprint density at radius 2 is 2.28 bits per heavy atom. The summed E-state index contributed by atoms with van der Waals surface area (Å²) in [4.78, 5) is 5.37. The van der Waals surface area contributed by atoms with Gasteiger partial charge in [-0.25, -0.2) is 0 Å². The lowest BCUT2D eigenvalue weighted by atomic mass is 9.97. The van der Waals surface area contributed by atoms with Crippen molar-refractivity contribution in [3.8, 4) is 0 Å². The number of hydrogen-bond acceptors (Lipinski definition) is 3. The molecule has 1 aromatic rings. The average Bonchev–Trinajstić information content (AvgIpc) is 2.97. The van der Waals surface area contributed by atoms with Gasteiger partial charge in [-0.2, -0.15) is 0 Å². The molecule has 2 aliphatic rings. The third-order valence-corrected chi connectivity index (χ3v) is 4.57. The van der Waals surface area contributed by atoms with Crippen LogP contribution in [0.5, 0.6) is 0 Å². The van der Waals surface area contributed by atoms with Crippen molar-refractivity contribution in [3.63, 3.8) is 0 Å². The van der Waals surface area contributed by atoms with E-state index in [1.807, 2.05) is 6.26 Å². The molecule has 3 nitrogen and oxygen atoms in total. The zero-order chi connectivity index (χ0) is 12.5. The minimum atomic E-state index is 0.689. The summed E-state index contributed by atoms with van der Waals surface area (Å²) in [6.45, 7) is 9.54. The van der Waals surface area contributed by atoms with Crippen molar-refractivity contribution in [2.75, 3.05) is 19.6 Å². The van der Waals surface area contributed by atoms with E-state index in [0.29, 0.717) is 6.04 Å². The van der Waals surface area contributed by atoms with Gasteiger partial charge in [-0.15, -0.1) is 0 Å². The number of furan rings is 1. The number of nitrogens with zero attached hydrogens (tertiary/aromatic N) is 2. The molecular weight excluding hydrogens is 224 g/mol. The maximum atomic E-state index is 5.20. The van der Waals surface area contributed by atoms with Crippen LogP contribution in [0.3, 0.4) is 0 Å². The van der Waals surface area contributed by atoms with Crippen LogP contribution >= 0.6 is 0 Å². The highest BCUT2D eigenvalue weighted by molar-refractivity contribution is 5.06. The smallest absolute Gasteiger partial charge is 0.0947 e. The largest absolute Gasteiger partial charge is 0.472 e. The maximum Gasteiger partial charge on any atom is 0.0947 e. The zero-order valence-corrected chi connectivity index (χ0v) is 11.5. The van der Waals surface area contributed by atoms with Gasteiger partial charge >= 0.3 is 0 Å². The molecule has 2 fully saturated rings. The quantitative estimate of drug-likeness (QED) is 0.819. The predicted octanol–water partition coefficient (Wildman–Crippen LogP) is 2.58. The Morgan fingerprint density at radius 3 is 3.00 bits per heavy atom. The number of fused-ring (bicyclic) bond motifs is 1.